The summed E-state index contributed by atoms with van der Waals surface area (Å²) in [7, 11) is 0. The zero-order chi connectivity index (χ0) is 14.8. The number of nitrogens with one attached hydrogen (secondary N) is 1. The third-order valence-electron chi connectivity index (χ3n) is 3.20. The lowest BCUT2D eigenvalue weighted by Gasteiger charge is -2.08. The van der Waals surface area contributed by atoms with Gasteiger partial charge in [-0.05, 0) is 62.5 Å². The Morgan fingerprint density at radius 2 is 1.90 bits per heavy atom. The first-order chi connectivity index (χ1) is 9.59. The van der Waals surface area contributed by atoms with Crippen LogP contribution in [-0.2, 0) is 0 Å². The third-order valence-corrected chi connectivity index (χ3v) is 4.09. The maximum Gasteiger partial charge on any atom is 0.119 e. The van der Waals surface area contributed by atoms with Gasteiger partial charge in [-0.1, -0.05) is 42.6 Å². The normalized spacial score (nSPS) is 11.1. The van der Waals surface area contributed by atoms with Gasteiger partial charge in [-0.2, -0.15) is 0 Å². The standard InChI is InChI=1S/C17H28BrNO/c1-14(2)13-19-10-6-4-5-7-11-20-16-8-9-17(18)15(3)12-16/h8-9,12,14,19H,4-7,10-11,13H2,1-3H3. The van der Waals surface area contributed by atoms with Gasteiger partial charge in [-0.3, -0.25) is 0 Å². The molecule has 0 radical (unpaired) electrons. The van der Waals surface area contributed by atoms with E-state index in [4.69, 9.17) is 4.74 Å². The summed E-state index contributed by atoms with van der Waals surface area (Å²) in [6, 6.07) is 6.15. The van der Waals surface area contributed by atoms with Crippen LogP contribution in [0.25, 0.3) is 0 Å². The van der Waals surface area contributed by atoms with E-state index in [9.17, 15) is 0 Å². The molecule has 0 aliphatic heterocycles. The lowest BCUT2D eigenvalue weighted by Crippen LogP contribution is -2.20. The topological polar surface area (TPSA) is 21.3 Å². The van der Waals surface area contributed by atoms with Crippen molar-refractivity contribution in [2.45, 2.75) is 46.5 Å². The van der Waals surface area contributed by atoms with E-state index >= 15 is 0 Å². The summed E-state index contributed by atoms with van der Waals surface area (Å²) in [6.07, 6.45) is 4.94. The number of unbranched alkanes of at least 4 members (excludes halogenated alkanes) is 3. The van der Waals surface area contributed by atoms with Crippen molar-refractivity contribution >= 4 is 15.9 Å². The molecule has 2 nitrogen and oxygen atoms in total. The van der Waals surface area contributed by atoms with E-state index in [0.717, 1.165) is 42.3 Å². The number of aryl methyl sites for hydroxylation is 1. The van der Waals surface area contributed by atoms with Crippen LogP contribution in [0.1, 0.15) is 45.1 Å². The molecule has 3 heteroatoms. The van der Waals surface area contributed by atoms with E-state index in [2.05, 4.69) is 48.1 Å². The molecular weight excluding hydrogens is 314 g/mol. The molecule has 1 aromatic rings. The van der Waals surface area contributed by atoms with Gasteiger partial charge < -0.3 is 10.1 Å². The molecule has 0 spiro atoms. The molecule has 0 saturated heterocycles. The van der Waals surface area contributed by atoms with Gasteiger partial charge in [0.15, 0.2) is 0 Å². The number of hydrogen-bond acceptors (Lipinski definition) is 2. The molecule has 0 bridgehead atoms. The molecule has 0 aliphatic rings. The number of hydrogen-bond donors (Lipinski definition) is 1. The van der Waals surface area contributed by atoms with Crippen LogP contribution in [0.15, 0.2) is 22.7 Å². The highest BCUT2D eigenvalue weighted by molar-refractivity contribution is 9.10. The predicted molar refractivity (Wildman–Crippen MR) is 90.5 cm³/mol. The molecule has 0 fully saturated rings. The first-order valence-electron chi connectivity index (χ1n) is 7.69. The van der Waals surface area contributed by atoms with Crippen LogP contribution in [-0.4, -0.2) is 19.7 Å². The van der Waals surface area contributed by atoms with Crippen molar-refractivity contribution < 1.29 is 4.74 Å². The monoisotopic (exact) mass is 341 g/mol. The molecule has 1 rings (SSSR count). The average molecular weight is 342 g/mol. The fourth-order valence-electron chi connectivity index (χ4n) is 1.99. The third kappa shape index (κ3) is 7.91. The van der Waals surface area contributed by atoms with Gasteiger partial charge in [0.1, 0.15) is 5.75 Å². The smallest absolute Gasteiger partial charge is 0.119 e. The maximum absolute atomic E-state index is 5.76. The summed E-state index contributed by atoms with van der Waals surface area (Å²) >= 11 is 3.50. The minimum Gasteiger partial charge on any atom is -0.494 e. The van der Waals surface area contributed by atoms with Crippen molar-refractivity contribution in [2.24, 2.45) is 5.92 Å². The van der Waals surface area contributed by atoms with E-state index in [1.807, 2.05) is 12.1 Å². The van der Waals surface area contributed by atoms with Crippen LogP contribution in [0.3, 0.4) is 0 Å². The quantitative estimate of drug-likeness (QED) is 0.608. The zero-order valence-corrected chi connectivity index (χ0v) is 14.6. The summed E-state index contributed by atoms with van der Waals surface area (Å²) in [5.41, 5.74) is 1.22. The Hall–Kier alpha value is -0.540. The second kappa shape index (κ2) is 10.2. The highest BCUT2D eigenvalue weighted by Crippen LogP contribution is 2.21. The predicted octanol–water partition coefficient (Wildman–Crippen LogP) is 4.94. The van der Waals surface area contributed by atoms with Crippen LogP contribution in [0.4, 0.5) is 0 Å². The van der Waals surface area contributed by atoms with E-state index in [-0.39, 0.29) is 0 Å². The van der Waals surface area contributed by atoms with Crippen molar-refractivity contribution in [3.05, 3.63) is 28.2 Å². The SMILES string of the molecule is Cc1cc(OCCCCCCNCC(C)C)ccc1Br. The number of ether oxygens (including phenoxy) is 1. The molecule has 0 amide bonds. The summed E-state index contributed by atoms with van der Waals surface area (Å²) < 4.78 is 6.90. The largest absolute Gasteiger partial charge is 0.494 e. The molecule has 0 aromatic heterocycles. The summed E-state index contributed by atoms with van der Waals surface area (Å²) in [5, 5.41) is 3.48. The first kappa shape index (κ1) is 17.5. The second-order valence-corrected chi connectivity index (χ2v) is 6.63. The summed E-state index contributed by atoms with van der Waals surface area (Å²) in [5.74, 6) is 1.72. The minimum absolute atomic E-state index is 0.748. The second-order valence-electron chi connectivity index (χ2n) is 5.77. The molecule has 0 unspecified atom stereocenters. The van der Waals surface area contributed by atoms with Crippen LogP contribution < -0.4 is 10.1 Å². The highest BCUT2D eigenvalue weighted by atomic mass is 79.9. The Morgan fingerprint density at radius 3 is 2.60 bits per heavy atom. The molecule has 20 heavy (non-hydrogen) atoms. The molecule has 0 heterocycles. The Bertz CT molecular complexity index is 379. The first-order valence-corrected chi connectivity index (χ1v) is 8.48. The van der Waals surface area contributed by atoms with E-state index in [1.165, 1.54) is 24.8 Å². The van der Waals surface area contributed by atoms with E-state index < -0.39 is 0 Å². The van der Waals surface area contributed by atoms with Gasteiger partial charge in [-0.25, -0.2) is 0 Å². The molecule has 1 aromatic carbocycles. The summed E-state index contributed by atoms with van der Waals surface area (Å²) in [4.78, 5) is 0. The van der Waals surface area contributed by atoms with Gasteiger partial charge in [0.05, 0.1) is 6.61 Å². The van der Waals surface area contributed by atoms with Crippen molar-refractivity contribution in [1.29, 1.82) is 0 Å². The Morgan fingerprint density at radius 1 is 1.15 bits per heavy atom. The zero-order valence-electron chi connectivity index (χ0n) is 13.0. The number of benzene rings is 1. The van der Waals surface area contributed by atoms with Crippen LogP contribution in [0.5, 0.6) is 5.75 Å². The van der Waals surface area contributed by atoms with Gasteiger partial charge in [-0.15, -0.1) is 0 Å². The van der Waals surface area contributed by atoms with Crippen molar-refractivity contribution in [1.82, 2.24) is 5.32 Å². The van der Waals surface area contributed by atoms with Gasteiger partial charge in [0.2, 0.25) is 0 Å². The van der Waals surface area contributed by atoms with Crippen LogP contribution in [0.2, 0.25) is 0 Å². The van der Waals surface area contributed by atoms with E-state index in [1.54, 1.807) is 0 Å². The number of halogens is 1. The van der Waals surface area contributed by atoms with Gasteiger partial charge in [0, 0.05) is 4.47 Å². The lowest BCUT2D eigenvalue weighted by atomic mass is 10.2. The average Bonchev–Trinajstić information content (AvgIpc) is 2.40. The van der Waals surface area contributed by atoms with Crippen LogP contribution >= 0.6 is 15.9 Å². The van der Waals surface area contributed by atoms with E-state index in [0.29, 0.717) is 0 Å². The van der Waals surface area contributed by atoms with Crippen molar-refractivity contribution in [3.8, 4) is 5.75 Å². The Kier molecular flexibility index (Phi) is 8.95. The van der Waals surface area contributed by atoms with Gasteiger partial charge in [0.25, 0.3) is 0 Å². The highest BCUT2D eigenvalue weighted by Gasteiger charge is 1.98. The van der Waals surface area contributed by atoms with Crippen LogP contribution in [0, 0.1) is 12.8 Å². The molecule has 0 atom stereocenters. The fraction of sp³-hybridized carbons (Fsp3) is 0.647. The minimum atomic E-state index is 0.748. The van der Waals surface area contributed by atoms with Gasteiger partial charge >= 0.3 is 0 Å². The summed E-state index contributed by atoms with van der Waals surface area (Å²) in [6.45, 7) is 9.67. The van der Waals surface area contributed by atoms with Crippen molar-refractivity contribution in [2.75, 3.05) is 19.7 Å². The molecule has 1 N–H and O–H groups in total. The number of rotatable bonds is 10. The maximum atomic E-state index is 5.76. The lowest BCUT2D eigenvalue weighted by molar-refractivity contribution is 0.304. The Balaban J connectivity index is 1.98. The molecule has 0 aliphatic carbocycles. The van der Waals surface area contributed by atoms with Crippen molar-refractivity contribution in [3.63, 3.8) is 0 Å². The molecule has 114 valence electrons. The fourth-order valence-corrected chi connectivity index (χ4v) is 2.24. The Labute approximate surface area is 132 Å². The molecule has 0 saturated carbocycles. The molecular formula is C17H28BrNO.